The van der Waals surface area contributed by atoms with Gasteiger partial charge in [0.15, 0.2) is 5.13 Å². The number of anilines is 2. The molecule has 2 aromatic heterocycles. The van der Waals surface area contributed by atoms with Gasteiger partial charge in [-0.3, -0.25) is 4.79 Å². The molecule has 5 nitrogen and oxygen atoms in total. The predicted octanol–water partition coefficient (Wildman–Crippen LogP) is 5.54. The van der Waals surface area contributed by atoms with Crippen molar-refractivity contribution in [2.75, 3.05) is 5.32 Å². The number of benzene rings is 2. The monoisotopic (exact) mass is 392 g/mol. The van der Waals surface area contributed by atoms with E-state index in [0.717, 1.165) is 38.6 Å². The summed E-state index contributed by atoms with van der Waals surface area (Å²) in [4.78, 5) is 16.7. The second kappa shape index (κ2) is 7.86. The van der Waals surface area contributed by atoms with Crippen LogP contribution in [0, 0.1) is 13.8 Å². The SMILES string of the molecule is Cc1ccc(Nc2nc(COC(=O)Cc3coc4cc(C)ccc34)cs2)cc1. The maximum atomic E-state index is 12.2. The molecule has 0 fully saturated rings. The number of carbonyl (C=O) groups excluding carboxylic acids is 1. The molecule has 0 bridgehead atoms. The number of aromatic nitrogens is 1. The average molecular weight is 392 g/mol. The van der Waals surface area contributed by atoms with Gasteiger partial charge >= 0.3 is 5.97 Å². The fraction of sp³-hybridized carbons (Fsp3) is 0.182. The first-order valence-corrected chi connectivity index (χ1v) is 9.85. The minimum Gasteiger partial charge on any atom is -0.464 e. The number of rotatable bonds is 6. The van der Waals surface area contributed by atoms with Gasteiger partial charge in [0.25, 0.3) is 0 Å². The van der Waals surface area contributed by atoms with Crippen LogP contribution in [0.25, 0.3) is 11.0 Å². The van der Waals surface area contributed by atoms with Crippen LogP contribution in [0.3, 0.4) is 0 Å². The molecule has 2 aromatic carbocycles. The highest BCUT2D eigenvalue weighted by atomic mass is 32.1. The zero-order valence-corrected chi connectivity index (χ0v) is 16.5. The molecular weight excluding hydrogens is 372 g/mol. The number of aryl methyl sites for hydroxylation is 2. The largest absolute Gasteiger partial charge is 0.464 e. The summed E-state index contributed by atoms with van der Waals surface area (Å²) >= 11 is 1.48. The molecular formula is C22H20N2O3S. The number of thiazole rings is 1. The first kappa shape index (κ1) is 18.3. The molecule has 0 unspecified atom stereocenters. The van der Waals surface area contributed by atoms with Crippen LogP contribution < -0.4 is 5.32 Å². The molecule has 1 N–H and O–H groups in total. The summed E-state index contributed by atoms with van der Waals surface area (Å²) in [5, 5.41) is 6.86. The van der Waals surface area contributed by atoms with Crippen molar-refractivity contribution in [2.24, 2.45) is 0 Å². The van der Waals surface area contributed by atoms with Crippen LogP contribution in [0.2, 0.25) is 0 Å². The molecule has 4 rings (SSSR count). The van der Waals surface area contributed by atoms with Crippen molar-refractivity contribution in [3.8, 4) is 0 Å². The molecule has 0 spiro atoms. The van der Waals surface area contributed by atoms with E-state index in [1.54, 1.807) is 6.26 Å². The minimum absolute atomic E-state index is 0.153. The second-order valence-electron chi connectivity index (χ2n) is 6.73. The number of nitrogens with zero attached hydrogens (tertiary/aromatic N) is 1. The van der Waals surface area contributed by atoms with Gasteiger partial charge in [0.05, 0.1) is 18.4 Å². The smallest absolute Gasteiger partial charge is 0.310 e. The van der Waals surface area contributed by atoms with E-state index < -0.39 is 0 Å². The summed E-state index contributed by atoms with van der Waals surface area (Å²) in [5.41, 5.74) is 5.65. The number of ether oxygens (including phenoxy) is 1. The predicted molar refractivity (Wildman–Crippen MR) is 111 cm³/mol. The first-order valence-electron chi connectivity index (χ1n) is 8.97. The van der Waals surface area contributed by atoms with E-state index in [4.69, 9.17) is 9.15 Å². The third-order valence-electron chi connectivity index (χ3n) is 4.38. The van der Waals surface area contributed by atoms with Crippen molar-refractivity contribution in [2.45, 2.75) is 26.9 Å². The van der Waals surface area contributed by atoms with Crippen LogP contribution in [0.5, 0.6) is 0 Å². The molecule has 4 aromatic rings. The van der Waals surface area contributed by atoms with E-state index in [9.17, 15) is 4.79 Å². The lowest BCUT2D eigenvalue weighted by atomic mass is 10.1. The fourth-order valence-corrected chi connectivity index (χ4v) is 3.59. The number of hydrogen-bond donors (Lipinski definition) is 1. The summed E-state index contributed by atoms with van der Waals surface area (Å²) in [5.74, 6) is -0.302. The highest BCUT2D eigenvalue weighted by Crippen LogP contribution is 2.24. The topological polar surface area (TPSA) is 64.4 Å². The first-order chi connectivity index (χ1) is 13.6. The van der Waals surface area contributed by atoms with Crippen LogP contribution in [0.1, 0.15) is 22.4 Å². The van der Waals surface area contributed by atoms with Crippen molar-refractivity contribution < 1.29 is 13.9 Å². The van der Waals surface area contributed by atoms with Gasteiger partial charge in [-0.1, -0.05) is 29.8 Å². The summed E-state index contributed by atoms with van der Waals surface area (Å²) in [7, 11) is 0. The molecule has 0 saturated carbocycles. The molecule has 0 amide bonds. The summed E-state index contributed by atoms with van der Waals surface area (Å²) in [6.07, 6.45) is 1.80. The molecule has 0 aliphatic rings. The average Bonchev–Trinajstić information content (AvgIpc) is 3.29. The Hall–Kier alpha value is -3.12. The van der Waals surface area contributed by atoms with E-state index in [2.05, 4.69) is 10.3 Å². The Bertz CT molecular complexity index is 1110. The van der Waals surface area contributed by atoms with E-state index >= 15 is 0 Å². The zero-order chi connectivity index (χ0) is 19.5. The Labute approximate surface area is 167 Å². The number of fused-ring (bicyclic) bond motifs is 1. The zero-order valence-electron chi connectivity index (χ0n) is 15.7. The van der Waals surface area contributed by atoms with Gasteiger partial charge in [-0.2, -0.15) is 0 Å². The molecule has 6 heteroatoms. The minimum atomic E-state index is -0.302. The van der Waals surface area contributed by atoms with Gasteiger partial charge in [0, 0.05) is 22.0 Å². The molecule has 142 valence electrons. The van der Waals surface area contributed by atoms with Crippen LogP contribution in [0.4, 0.5) is 10.8 Å². The number of hydrogen-bond acceptors (Lipinski definition) is 6. The Kier molecular flexibility index (Phi) is 5.12. The highest BCUT2D eigenvalue weighted by molar-refractivity contribution is 7.13. The van der Waals surface area contributed by atoms with Gasteiger partial charge in [-0.15, -0.1) is 11.3 Å². The number of nitrogens with one attached hydrogen (secondary N) is 1. The standard InChI is InChI=1S/C22H20N2O3S/c1-14-3-6-17(7-4-14)23-22-24-18(13-28-22)12-27-21(25)10-16-11-26-20-9-15(2)5-8-19(16)20/h3-9,11,13H,10,12H2,1-2H3,(H,23,24). The van der Waals surface area contributed by atoms with Crippen LogP contribution >= 0.6 is 11.3 Å². The molecule has 0 aliphatic carbocycles. The lowest BCUT2D eigenvalue weighted by Crippen LogP contribution is -2.08. The molecule has 0 radical (unpaired) electrons. The number of furan rings is 1. The Morgan fingerprint density at radius 2 is 1.93 bits per heavy atom. The van der Waals surface area contributed by atoms with E-state index in [1.165, 1.54) is 16.9 Å². The van der Waals surface area contributed by atoms with Crippen molar-refractivity contribution in [3.05, 3.63) is 76.5 Å². The van der Waals surface area contributed by atoms with Crippen molar-refractivity contribution in [3.63, 3.8) is 0 Å². The van der Waals surface area contributed by atoms with Crippen LogP contribution in [-0.2, 0) is 22.6 Å². The summed E-state index contributed by atoms with van der Waals surface area (Å²) in [6, 6.07) is 14.0. The molecule has 0 aliphatic heterocycles. The highest BCUT2D eigenvalue weighted by Gasteiger charge is 2.12. The number of esters is 1. The quantitative estimate of drug-likeness (QED) is 0.437. The van der Waals surface area contributed by atoms with Gasteiger partial charge < -0.3 is 14.5 Å². The maximum absolute atomic E-state index is 12.2. The normalized spacial score (nSPS) is 10.9. The second-order valence-corrected chi connectivity index (χ2v) is 7.59. The lowest BCUT2D eigenvalue weighted by Gasteiger charge is -2.03. The Morgan fingerprint density at radius 3 is 2.75 bits per heavy atom. The van der Waals surface area contributed by atoms with Gasteiger partial charge in [-0.05, 0) is 37.6 Å². The maximum Gasteiger partial charge on any atom is 0.310 e. The van der Waals surface area contributed by atoms with Crippen molar-refractivity contribution in [1.82, 2.24) is 4.98 Å². The van der Waals surface area contributed by atoms with Crippen molar-refractivity contribution >= 4 is 39.1 Å². The van der Waals surface area contributed by atoms with E-state index in [0.29, 0.717) is 0 Å². The molecule has 2 heterocycles. The van der Waals surface area contributed by atoms with Gasteiger partial charge in [0.1, 0.15) is 12.2 Å². The third kappa shape index (κ3) is 4.23. The molecule has 28 heavy (non-hydrogen) atoms. The molecule has 0 atom stereocenters. The number of carbonyl (C=O) groups is 1. The van der Waals surface area contributed by atoms with Crippen molar-refractivity contribution in [1.29, 1.82) is 0 Å². The Balaban J connectivity index is 1.33. The molecule has 0 saturated heterocycles. The van der Waals surface area contributed by atoms with Crippen LogP contribution in [-0.4, -0.2) is 11.0 Å². The van der Waals surface area contributed by atoms with E-state index in [1.807, 2.05) is 61.7 Å². The fourth-order valence-electron chi connectivity index (χ4n) is 2.88. The Morgan fingerprint density at radius 1 is 1.14 bits per heavy atom. The summed E-state index contributed by atoms with van der Waals surface area (Å²) in [6.45, 7) is 4.21. The van der Waals surface area contributed by atoms with E-state index in [-0.39, 0.29) is 19.0 Å². The lowest BCUT2D eigenvalue weighted by molar-refractivity contribution is -0.144. The summed E-state index contributed by atoms with van der Waals surface area (Å²) < 4.78 is 10.9. The van der Waals surface area contributed by atoms with Gasteiger partial charge in [-0.25, -0.2) is 4.98 Å². The van der Waals surface area contributed by atoms with Crippen LogP contribution in [0.15, 0.2) is 58.5 Å². The third-order valence-corrected chi connectivity index (χ3v) is 5.19. The van der Waals surface area contributed by atoms with Gasteiger partial charge in [0.2, 0.25) is 0 Å².